The van der Waals surface area contributed by atoms with E-state index in [1.165, 1.54) is 55.6 Å². The number of hydrogen-bond donors (Lipinski definition) is 2. The summed E-state index contributed by atoms with van der Waals surface area (Å²) in [7, 11) is -6.49. The first kappa shape index (κ1) is 20.6. The van der Waals surface area contributed by atoms with E-state index in [2.05, 4.69) is 9.44 Å². The van der Waals surface area contributed by atoms with Gasteiger partial charge in [-0.2, -0.15) is 0 Å². The molecule has 3 aromatic rings. The Morgan fingerprint density at radius 3 is 1.79 bits per heavy atom. The molecule has 7 nitrogen and oxygen atoms in total. The molecule has 10 heteroatoms. The summed E-state index contributed by atoms with van der Waals surface area (Å²) in [5.41, 5.74) is 0.223. The normalized spacial score (nSPS) is 11.7. The fraction of sp³-hybridized carbons (Fsp3) is 0.0526. The highest BCUT2D eigenvalue weighted by Crippen LogP contribution is 2.24. The summed E-state index contributed by atoms with van der Waals surface area (Å²) in [5, 5.41) is 0. The Morgan fingerprint density at radius 2 is 1.24 bits per heavy atom. The van der Waals surface area contributed by atoms with Crippen molar-refractivity contribution in [2.75, 3.05) is 16.6 Å². The highest BCUT2D eigenvalue weighted by molar-refractivity contribution is 7.93. The van der Waals surface area contributed by atoms with Crippen molar-refractivity contribution in [3.8, 4) is 5.75 Å². The zero-order chi connectivity index (χ0) is 21.1. The third-order valence-corrected chi connectivity index (χ3v) is 6.67. The molecule has 0 saturated heterocycles. The predicted octanol–water partition coefficient (Wildman–Crippen LogP) is 3.44. The molecule has 0 amide bonds. The second-order valence-corrected chi connectivity index (χ2v) is 9.26. The lowest BCUT2D eigenvalue weighted by molar-refractivity contribution is 0.386. The molecule has 0 aliphatic carbocycles. The van der Waals surface area contributed by atoms with Crippen molar-refractivity contribution in [1.29, 1.82) is 0 Å². The quantitative estimate of drug-likeness (QED) is 0.591. The van der Waals surface area contributed by atoms with Gasteiger partial charge in [0.15, 0.2) is 11.6 Å². The monoisotopic (exact) mass is 436 g/mol. The largest absolute Gasteiger partial charge is 0.494 e. The maximum absolute atomic E-state index is 13.8. The molecule has 0 spiro atoms. The van der Waals surface area contributed by atoms with Crippen LogP contribution in [0.4, 0.5) is 15.8 Å². The third kappa shape index (κ3) is 4.84. The molecule has 0 saturated carbocycles. The SMILES string of the molecule is COc1ccc(NS(=O)(=O)c2ccc(NS(=O)(=O)c3ccccc3)cc2)cc1F. The zero-order valence-electron chi connectivity index (χ0n) is 15.2. The molecule has 0 heterocycles. The van der Waals surface area contributed by atoms with E-state index in [-0.39, 0.29) is 26.9 Å². The molecule has 0 aromatic heterocycles. The predicted molar refractivity (Wildman–Crippen MR) is 107 cm³/mol. The van der Waals surface area contributed by atoms with Crippen LogP contribution in [0, 0.1) is 5.82 Å². The number of nitrogens with one attached hydrogen (secondary N) is 2. The van der Waals surface area contributed by atoms with Gasteiger partial charge in [-0.3, -0.25) is 9.44 Å². The van der Waals surface area contributed by atoms with Gasteiger partial charge in [0.25, 0.3) is 20.0 Å². The fourth-order valence-corrected chi connectivity index (χ4v) is 4.59. The Kier molecular flexibility index (Phi) is 5.76. The number of rotatable bonds is 7. The first-order valence-electron chi connectivity index (χ1n) is 8.25. The number of hydrogen-bond acceptors (Lipinski definition) is 5. The lowest BCUT2D eigenvalue weighted by Gasteiger charge is -2.11. The van der Waals surface area contributed by atoms with Gasteiger partial charge < -0.3 is 4.74 Å². The Hall–Kier alpha value is -3.11. The van der Waals surface area contributed by atoms with Crippen LogP contribution in [0.15, 0.2) is 82.6 Å². The summed E-state index contributed by atoms with van der Waals surface area (Å²) < 4.78 is 72.8. The first-order valence-corrected chi connectivity index (χ1v) is 11.2. The summed E-state index contributed by atoms with van der Waals surface area (Å²) >= 11 is 0. The highest BCUT2D eigenvalue weighted by Gasteiger charge is 2.17. The van der Waals surface area contributed by atoms with E-state index >= 15 is 0 Å². The van der Waals surface area contributed by atoms with Crippen molar-refractivity contribution in [2.24, 2.45) is 0 Å². The van der Waals surface area contributed by atoms with Crippen LogP contribution in [-0.4, -0.2) is 23.9 Å². The molecule has 3 aromatic carbocycles. The Labute approximate surface area is 168 Å². The average molecular weight is 436 g/mol. The van der Waals surface area contributed by atoms with Gasteiger partial charge in [-0.1, -0.05) is 18.2 Å². The zero-order valence-corrected chi connectivity index (χ0v) is 16.8. The molecule has 0 aliphatic heterocycles. The highest BCUT2D eigenvalue weighted by atomic mass is 32.2. The maximum Gasteiger partial charge on any atom is 0.261 e. The summed E-state index contributed by atoms with van der Waals surface area (Å²) in [4.78, 5) is -0.0312. The first-order chi connectivity index (χ1) is 13.7. The van der Waals surface area contributed by atoms with Crippen LogP contribution in [0.2, 0.25) is 0 Å². The van der Waals surface area contributed by atoms with Gasteiger partial charge in [-0.15, -0.1) is 0 Å². The van der Waals surface area contributed by atoms with E-state index in [1.807, 2.05) is 0 Å². The number of ether oxygens (including phenoxy) is 1. The second kappa shape index (κ2) is 8.10. The van der Waals surface area contributed by atoms with Crippen molar-refractivity contribution < 1.29 is 26.0 Å². The van der Waals surface area contributed by atoms with Gasteiger partial charge in [0.2, 0.25) is 0 Å². The minimum absolute atomic E-state index is 0.0111. The number of methoxy groups -OCH3 is 1. The van der Waals surface area contributed by atoms with Gasteiger partial charge in [0.05, 0.1) is 22.6 Å². The molecule has 152 valence electrons. The number of anilines is 2. The number of sulfonamides is 2. The van der Waals surface area contributed by atoms with Crippen LogP contribution in [0.1, 0.15) is 0 Å². The van der Waals surface area contributed by atoms with Gasteiger partial charge in [0.1, 0.15) is 0 Å². The standard InChI is InChI=1S/C19H17FN2O5S2/c1-27-19-12-9-15(13-18(19)20)22-29(25,26)17-10-7-14(8-11-17)21-28(23,24)16-5-3-2-4-6-16/h2-13,21-22H,1H3. The van der Waals surface area contributed by atoms with Gasteiger partial charge in [0, 0.05) is 11.8 Å². The summed E-state index contributed by atoms with van der Waals surface area (Å²) in [6.45, 7) is 0. The Bertz CT molecular complexity index is 1210. The summed E-state index contributed by atoms with van der Waals surface area (Å²) in [6, 6.07) is 16.6. The van der Waals surface area contributed by atoms with Crippen LogP contribution in [0.5, 0.6) is 5.75 Å². The van der Waals surface area contributed by atoms with E-state index in [4.69, 9.17) is 4.74 Å². The summed E-state index contributed by atoms with van der Waals surface area (Å²) in [5.74, 6) is -0.721. The maximum atomic E-state index is 13.8. The fourth-order valence-electron chi connectivity index (χ4n) is 2.46. The Balaban J connectivity index is 1.77. The van der Waals surface area contributed by atoms with Crippen molar-refractivity contribution >= 4 is 31.4 Å². The molecular formula is C19H17FN2O5S2. The van der Waals surface area contributed by atoms with E-state index < -0.39 is 25.9 Å². The Morgan fingerprint density at radius 1 is 0.724 bits per heavy atom. The molecule has 0 atom stereocenters. The molecule has 3 rings (SSSR count). The minimum atomic E-state index is -4.00. The van der Waals surface area contributed by atoms with Crippen LogP contribution in [0.3, 0.4) is 0 Å². The lowest BCUT2D eigenvalue weighted by atomic mass is 10.3. The van der Waals surface area contributed by atoms with E-state index in [9.17, 15) is 21.2 Å². The molecule has 2 N–H and O–H groups in total. The van der Waals surface area contributed by atoms with Gasteiger partial charge in [-0.05, 0) is 48.5 Å². The topological polar surface area (TPSA) is 102 Å². The summed E-state index contributed by atoms with van der Waals surface area (Å²) in [6.07, 6.45) is 0. The van der Waals surface area contributed by atoms with Crippen LogP contribution in [0.25, 0.3) is 0 Å². The lowest BCUT2D eigenvalue weighted by Crippen LogP contribution is -2.14. The molecule has 0 bridgehead atoms. The molecule has 0 unspecified atom stereocenters. The van der Waals surface area contributed by atoms with Crippen LogP contribution in [-0.2, 0) is 20.0 Å². The van der Waals surface area contributed by atoms with Gasteiger partial charge in [-0.25, -0.2) is 21.2 Å². The van der Waals surface area contributed by atoms with Crippen molar-refractivity contribution in [2.45, 2.75) is 9.79 Å². The number of halogens is 1. The third-order valence-electron chi connectivity index (χ3n) is 3.87. The minimum Gasteiger partial charge on any atom is -0.494 e. The van der Waals surface area contributed by atoms with E-state index in [0.29, 0.717) is 0 Å². The van der Waals surface area contributed by atoms with Crippen molar-refractivity contribution in [3.05, 3.63) is 78.6 Å². The van der Waals surface area contributed by atoms with E-state index in [0.717, 1.165) is 6.07 Å². The second-order valence-electron chi connectivity index (χ2n) is 5.90. The van der Waals surface area contributed by atoms with Crippen LogP contribution < -0.4 is 14.2 Å². The average Bonchev–Trinajstić information content (AvgIpc) is 2.69. The molecule has 0 aliphatic rings. The van der Waals surface area contributed by atoms with E-state index in [1.54, 1.807) is 18.2 Å². The van der Waals surface area contributed by atoms with Gasteiger partial charge >= 0.3 is 0 Å². The molecular weight excluding hydrogens is 419 g/mol. The molecule has 0 fully saturated rings. The van der Waals surface area contributed by atoms with Crippen LogP contribution >= 0.6 is 0 Å². The molecule has 29 heavy (non-hydrogen) atoms. The smallest absolute Gasteiger partial charge is 0.261 e. The van der Waals surface area contributed by atoms with Crippen molar-refractivity contribution in [1.82, 2.24) is 0 Å². The van der Waals surface area contributed by atoms with Crippen molar-refractivity contribution in [3.63, 3.8) is 0 Å². The number of benzene rings is 3. The molecule has 0 radical (unpaired) electrons.